The summed E-state index contributed by atoms with van der Waals surface area (Å²) in [7, 11) is 0. The highest BCUT2D eigenvalue weighted by Gasteiger charge is 2.37. The maximum absolute atomic E-state index is 4.68. The monoisotopic (exact) mass is 287 g/mol. The molecule has 1 aromatic rings. The zero-order chi connectivity index (χ0) is 14.5. The van der Waals surface area contributed by atoms with Gasteiger partial charge in [0.05, 0.1) is 0 Å². The van der Waals surface area contributed by atoms with Crippen LogP contribution in [0.5, 0.6) is 0 Å². The van der Waals surface area contributed by atoms with Gasteiger partial charge in [-0.1, -0.05) is 25.8 Å². The van der Waals surface area contributed by atoms with Crippen molar-refractivity contribution < 1.29 is 0 Å². The second kappa shape index (κ2) is 6.78. The number of hydrogen-bond acceptors (Lipinski definition) is 3. The van der Waals surface area contributed by atoms with Gasteiger partial charge in [-0.25, -0.2) is 4.98 Å². The van der Waals surface area contributed by atoms with Gasteiger partial charge < -0.3 is 10.2 Å². The summed E-state index contributed by atoms with van der Waals surface area (Å²) in [5, 5.41) is 3.51. The largest absolute Gasteiger partial charge is 0.356 e. The number of nitrogens with zero attached hydrogens (tertiary/aromatic N) is 2. The quantitative estimate of drug-likeness (QED) is 0.836. The van der Waals surface area contributed by atoms with Gasteiger partial charge in [-0.15, -0.1) is 0 Å². The third kappa shape index (κ3) is 3.39. The average molecular weight is 287 g/mol. The smallest absolute Gasteiger partial charge is 0.133 e. The maximum Gasteiger partial charge on any atom is 0.133 e. The lowest BCUT2D eigenvalue weighted by Gasteiger charge is -2.40. The van der Waals surface area contributed by atoms with Gasteiger partial charge in [0.1, 0.15) is 5.82 Å². The average Bonchev–Trinajstić information content (AvgIpc) is 2.97. The van der Waals surface area contributed by atoms with Crippen molar-refractivity contribution >= 4 is 5.82 Å². The maximum atomic E-state index is 4.68. The summed E-state index contributed by atoms with van der Waals surface area (Å²) in [5.74, 6) is 1.22. The summed E-state index contributed by atoms with van der Waals surface area (Å²) in [6.07, 6.45) is 11.7. The number of anilines is 1. The standard InChI is InChI=1S/C18H29N3/c1-2-11-19-15-16-6-5-12-20-17(16)21-13-9-18(10-14-21)7-3-4-8-18/h5-6,12,19H,2-4,7-11,13-15H2,1H3. The van der Waals surface area contributed by atoms with Crippen LogP contribution in [0.2, 0.25) is 0 Å². The van der Waals surface area contributed by atoms with Crippen molar-refractivity contribution in [3.05, 3.63) is 23.9 Å². The SMILES string of the molecule is CCCNCc1cccnc1N1CCC2(CCCC2)CC1. The molecule has 3 nitrogen and oxygen atoms in total. The molecule has 0 amide bonds. The fourth-order valence-corrected chi connectivity index (χ4v) is 4.07. The van der Waals surface area contributed by atoms with Gasteiger partial charge in [-0.2, -0.15) is 0 Å². The molecule has 1 aliphatic carbocycles. The molecule has 0 aromatic carbocycles. The first kappa shape index (κ1) is 14.8. The van der Waals surface area contributed by atoms with Gasteiger partial charge in [0.25, 0.3) is 0 Å². The number of aromatic nitrogens is 1. The van der Waals surface area contributed by atoms with Gasteiger partial charge in [0.2, 0.25) is 0 Å². The normalized spacial score (nSPS) is 21.1. The molecule has 0 unspecified atom stereocenters. The Kier molecular flexibility index (Phi) is 4.79. The Bertz CT molecular complexity index is 442. The Balaban J connectivity index is 1.64. The van der Waals surface area contributed by atoms with E-state index >= 15 is 0 Å². The minimum atomic E-state index is 0.686. The molecule has 1 N–H and O–H groups in total. The fourth-order valence-electron chi connectivity index (χ4n) is 4.07. The molecule has 21 heavy (non-hydrogen) atoms. The topological polar surface area (TPSA) is 28.2 Å². The first-order chi connectivity index (χ1) is 10.3. The second-order valence-electron chi connectivity index (χ2n) is 6.86. The highest BCUT2D eigenvalue weighted by molar-refractivity contribution is 5.47. The van der Waals surface area contributed by atoms with E-state index in [0.717, 1.165) is 13.1 Å². The molecule has 0 bridgehead atoms. The highest BCUT2D eigenvalue weighted by Crippen LogP contribution is 2.46. The third-order valence-corrected chi connectivity index (χ3v) is 5.40. The predicted octanol–water partition coefficient (Wildman–Crippen LogP) is 3.74. The predicted molar refractivity (Wildman–Crippen MR) is 88.6 cm³/mol. The van der Waals surface area contributed by atoms with Gasteiger partial charge >= 0.3 is 0 Å². The van der Waals surface area contributed by atoms with Crippen molar-refractivity contribution in [3.8, 4) is 0 Å². The van der Waals surface area contributed by atoms with Crippen LogP contribution in [-0.2, 0) is 6.54 Å². The fraction of sp³-hybridized carbons (Fsp3) is 0.722. The molecule has 2 fully saturated rings. The lowest BCUT2D eigenvalue weighted by atomic mass is 9.77. The Morgan fingerprint density at radius 3 is 2.67 bits per heavy atom. The second-order valence-corrected chi connectivity index (χ2v) is 6.86. The number of nitrogens with one attached hydrogen (secondary N) is 1. The Labute approximate surface area is 129 Å². The number of pyridine rings is 1. The van der Waals surface area contributed by atoms with E-state index < -0.39 is 0 Å². The number of hydrogen-bond donors (Lipinski definition) is 1. The lowest BCUT2D eigenvalue weighted by molar-refractivity contribution is 0.226. The van der Waals surface area contributed by atoms with Crippen molar-refractivity contribution in [3.63, 3.8) is 0 Å². The minimum absolute atomic E-state index is 0.686. The first-order valence-corrected chi connectivity index (χ1v) is 8.73. The van der Waals surface area contributed by atoms with Gasteiger partial charge in [0.15, 0.2) is 0 Å². The van der Waals surface area contributed by atoms with Crippen LogP contribution < -0.4 is 10.2 Å². The van der Waals surface area contributed by atoms with E-state index in [0.29, 0.717) is 5.41 Å². The molecule has 3 heteroatoms. The van der Waals surface area contributed by atoms with E-state index in [4.69, 9.17) is 0 Å². The first-order valence-electron chi connectivity index (χ1n) is 8.73. The van der Waals surface area contributed by atoms with Crippen molar-refractivity contribution in [2.45, 2.75) is 58.4 Å². The van der Waals surface area contributed by atoms with E-state index in [9.17, 15) is 0 Å². The molecule has 1 aliphatic heterocycles. The zero-order valence-corrected chi connectivity index (χ0v) is 13.4. The molecule has 1 spiro atoms. The Morgan fingerprint density at radius 2 is 1.95 bits per heavy atom. The zero-order valence-electron chi connectivity index (χ0n) is 13.4. The van der Waals surface area contributed by atoms with Gasteiger partial charge in [-0.05, 0) is 50.1 Å². The number of piperidine rings is 1. The van der Waals surface area contributed by atoms with E-state index in [1.165, 1.54) is 69.4 Å². The van der Waals surface area contributed by atoms with E-state index in [1.807, 2.05) is 6.20 Å². The van der Waals surface area contributed by atoms with Crippen LogP contribution in [0.1, 0.15) is 57.4 Å². The van der Waals surface area contributed by atoms with Crippen molar-refractivity contribution in [1.82, 2.24) is 10.3 Å². The van der Waals surface area contributed by atoms with Crippen LogP contribution in [0.15, 0.2) is 18.3 Å². The van der Waals surface area contributed by atoms with Crippen LogP contribution in [-0.4, -0.2) is 24.6 Å². The molecule has 1 saturated heterocycles. The molecule has 116 valence electrons. The van der Waals surface area contributed by atoms with Crippen LogP contribution in [0.4, 0.5) is 5.82 Å². The molecule has 1 aromatic heterocycles. The summed E-state index contributed by atoms with van der Waals surface area (Å²) < 4.78 is 0. The summed E-state index contributed by atoms with van der Waals surface area (Å²) >= 11 is 0. The van der Waals surface area contributed by atoms with E-state index in [-0.39, 0.29) is 0 Å². The van der Waals surface area contributed by atoms with Crippen molar-refractivity contribution in [1.29, 1.82) is 0 Å². The summed E-state index contributed by atoms with van der Waals surface area (Å²) in [6.45, 7) is 6.62. The molecule has 2 heterocycles. The number of rotatable bonds is 5. The van der Waals surface area contributed by atoms with Gasteiger partial charge in [0, 0.05) is 31.4 Å². The molecular formula is C18H29N3. The summed E-state index contributed by atoms with van der Waals surface area (Å²) in [4.78, 5) is 7.20. The Hall–Kier alpha value is -1.09. The summed E-state index contributed by atoms with van der Waals surface area (Å²) in [5.41, 5.74) is 2.04. The van der Waals surface area contributed by atoms with Crippen LogP contribution in [0, 0.1) is 5.41 Å². The van der Waals surface area contributed by atoms with Crippen LogP contribution in [0.25, 0.3) is 0 Å². The highest BCUT2D eigenvalue weighted by atomic mass is 15.2. The van der Waals surface area contributed by atoms with Crippen molar-refractivity contribution in [2.75, 3.05) is 24.5 Å². The molecule has 0 atom stereocenters. The van der Waals surface area contributed by atoms with E-state index in [1.54, 1.807) is 0 Å². The lowest BCUT2D eigenvalue weighted by Crippen LogP contribution is -2.39. The van der Waals surface area contributed by atoms with E-state index in [2.05, 4.69) is 34.3 Å². The van der Waals surface area contributed by atoms with Crippen molar-refractivity contribution in [2.24, 2.45) is 5.41 Å². The minimum Gasteiger partial charge on any atom is -0.356 e. The summed E-state index contributed by atoms with van der Waals surface area (Å²) in [6, 6.07) is 4.29. The molecule has 2 aliphatic rings. The van der Waals surface area contributed by atoms with Crippen LogP contribution >= 0.6 is 0 Å². The Morgan fingerprint density at radius 1 is 1.19 bits per heavy atom. The molecule has 1 saturated carbocycles. The molecule has 3 rings (SSSR count). The molecular weight excluding hydrogens is 258 g/mol. The third-order valence-electron chi connectivity index (χ3n) is 5.40. The molecule has 0 radical (unpaired) electrons. The van der Waals surface area contributed by atoms with Gasteiger partial charge in [-0.3, -0.25) is 0 Å². The van der Waals surface area contributed by atoms with Crippen LogP contribution in [0.3, 0.4) is 0 Å².